The fourth-order valence-electron chi connectivity index (χ4n) is 21.0. The van der Waals surface area contributed by atoms with Crippen molar-refractivity contribution in [2.45, 2.75) is 669 Å². The molecule has 4 heteroatoms. The highest BCUT2D eigenvalue weighted by Crippen LogP contribution is 2.54. The van der Waals surface area contributed by atoms with Gasteiger partial charge < -0.3 is 20.4 Å². The van der Waals surface area contributed by atoms with Crippen molar-refractivity contribution in [3.63, 3.8) is 0 Å². The fraction of sp³-hybridized carbons (Fsp3) is 0.933. The smallest absolute Gasteiger partial charge is 0.00892 e. The molecule has 5 unspecified atom stereocenters. The van der Waals surface area contributed by atoms with Crippen molar-refractivity contribution in [1.82, 2.24) is 14.7 Å². The number of unbranched alkanes of at least 4 members (excludes halogenated alkanes) is 70. The van der Waals surface area contributed by atoms with Crippen LogP contribution in [0.25, 0.3) is 0 Å². The van der Waals surface area contributed by atoms with E-state index in [9.17, 15) is 0 Å². The molecular formula is C120H238N4. The van der Waals surface area contributed by atoms with Crippen LogP contribution in [0.4, 0.5) is 0 Å². The Labute approximate surface area is 786 Å². The summed E-state index contributed by atoms with van der Waals surface area (Å²) in [6.07, 6.45) is 152. The molecule has 0 aliphatic rings. The van der Waals surface area contributed by atoms with E-state index in [1.165, 1.54) is 604 Å². The quantitative estimate of drug-likeness (QED) is 0.0486. The molecule has 738 valence electrons. The number of nitrogens with zero attached hydrogens (tertiary/aromatic N) is 3. The molecule has 0 bridgehead atoms. The van der Waals surface area contributed by atoms with Crippen LogP contribution in [0.15, 0.2) is 48.6 Å². The van der Waals surface area contributed by atoms with Gasteiger partial charge in [0, 0.05) is 24.2 Å². The molecule has 0 aromatic carbocycles. The first kappa shape index (κ1) is 123. The molecule has 0 saturated carbocycles. The van der Waals surface area contributed by atoms with Gasteiger partial charge in [-0.25, -0.2) is 0 Å². The lowest BCUT2D eigenvalue weighted by atomic mass is 9.56. The third-order valence-electron chi connectivity index (χ3n) is 30.3. The molecule has 4 nitrogen and oxygen atoms in total. The van der Waals surface area contributed by atoms with Crippen LogP contribution in [0.2, 0.25) is 0 Å². The highest BCUT2D eigenvalue weighted by Gasteiger charge is 2.43. The van der Waals surface area contributed by atoms with Crippen LogP contribution in [0, 0.1) is 10.8 Å². The van der Waals surface area contributed by atoms with Crippen LogP contribution in [-0.2, 0) is 0 Å². The maximum Gasteiger partial charge on any atom is 0.00892 e. The van der Waals surface area contributed by atoms with Gasteiger partial charge in [0.15, 0.2) is 0 Å². The van der Waals surface area contributed by atoms with Crippen LogP contribution in [0.1, 0.15) is 645 Å². The third-order valence-corrected chi connectivity index (χ3v) is 30.3. The third kappa shape index (κ3) is 86.2. The second kappa shape index (κ2) is 99.3. The lowest BCUT2D eigenvalue weighted by Gasteiger charge is -2.49. The Morgan fingerprint density at radius 2 is 0.323 bits per heavy atom. The van der Waals surface area contributed by atoms with E-state index in [1.807, 2.05) is 0 Å². The molecule has 0 spiro atoms. The maximum absolute atomic E-state index is 6.83. The summed E-state index contributed by atoms with van der Waals surface area (Å²) in [6, 6.07) is 2.74. The van der Waals surface area contributed by atoms with E-state index in [0.29, 0.717) is 16.9 Å². The number of hydrogen-bond acceptors (Lipinski definition) is 4. The van der Waals surface area contributed by atoms with Crippen LogP contribution in [0.3, 0.4) is 0 Å². The summed E-state index contributed by atoms with van der Waals surface area (Å²) in [4.78, 5) is 7.52. The summed E-state index contributed by atoms with van der Waals surface area (Å²) in [5, 5.41) is 0. The van der Waals surface area contributed by atoms with Gasteiger partial charge in [-0.1, -0.05) is 514 Å². The van der Waals surface area contributed by atoms with Gasteiger partial charge in [0.05, 0.1) is 0 Å². The van der Waals surface area contributed by atoms with Crippen LogP contribution < -0.4 is 5.73 Å². The minimum absolute atomic E-state index is 0.400. The Kier molecular flexibility index (Phi) is 98.3. The first-order valence-electron chi connectivity index (χ1n) is 58.1. The zero-order valence-electron chi connectivity index (χ0n) is 88.3. The second-order valence-electron chi connectivity index (χ2n) is 43.0. The molecule has 0 amide bonds. The second-order valence-corrected chi connectivity index (χ2v) is 43.0. The summed E-state index contributed by atoms with van der Waals surface area (Å²) in [5.41, 5.74) is 7.71. The van der Waals surface area contributed by atoms with Crippen molar-refractivity contribution in [2.24, 2.45) is 16.6 Å². The Morgan fingerprint density at radius 3 is 0.540 bits per heavy atom. The summed E-state index contributed by atoms with van der Waals surface area (Å²) in [6.45, 7) is 14.9. The number of hydrogen-bond donors (Lipinski definition) is 1. The van der Waals surface area contributed by atoms with Gasteiger partial charge in [0.1, 0.15) is 0 Å². The Balaban J connectivity index is 5.55. The van der Waals surface area contributed by atoms with E-state index >= 15 is 0 Å². The minimum atomic E-state index is 0.400. The van der Waals surface area contributed by atoms with Crippen molar-refractivity contribution in [1.29, 1.82) is 0 Å². The first-order valence-corrected chi connectivity index (χ1v) is 58.1. The molecule has 0 saturated heterocycles. The molecule has 0 fully saturated rings. The van der Waals surface area contributed by atoms with Gasteiger partial charge in [-0.2, -0.15) is 0 Å². The van der Waals surface area contributed by atoms with Crippen molar-refractivity contribution in [3.8, 4) is 0 Å². The Hall–Kier alpha value is -1.20. The summed E-state index contributed by atoms with van der Waals surface area (Å²) in [5.74, 6) is 0. The van der Waals surface area contributed by atoms with Crippen LogP contribution in [0.5, 0.6) is 0 Å². The van der Waals surface area contributed by atoms with E-state index in [1.54, 1.807) is 0 Å². The largest absolute Gasteiger partial charge is 0.328 e. The Morgan fingerprint density at radius 1 is 0.177 bits per heavy atom. The average molecular weight is 1740 g/mol. The van der Waals surface area contributed by atoms with Crippen LogP contribution >= 0.6 is 0 Å². The molecule has 0 aliphatic carbocycles. The van der Waals surface area contributed by atoms with E-state index in [4.69, 9.17) is 5.73 Å². The molecule has 0 heterocycles. The fourth-order valence-corrected chi connectivity index (χ4v) is 21.0. The predicted molar refractivity (Wildman–Crippen MR) is 570 cm³/mol. The van der Waals surface area contributed by atoms with Crippen molar-refractivity contribution in [2.75, 3.05) is 42.3 Å². The van der Waals surface area contributed by atoms with Gasteiger partial charge in [-0.15, -0.1) is 0 Å². The predicted octanol–water partition coefficient (Wildman–Crippen LogP) is 41.1. The number of allylic oxidation sites excluding steroid dienone is 8. The molecular weight excluding hydrogens is 1500 g/mol. The summed E-state index contributed by atoms with van der Waals surface area (Å²) < 4.78 is 0. The monoisotopic (exact) mass is 1740 g/mol. The topological polar surface area (TPSA) is 35.7 Å². The van der Waals surface area contributed by atoms with E-state index < -0.39 is 0 Å². The molecule has 0 aromatic heterocycles. The normalized spacial score (nSPS) is 14.0. The van der Waals surface area contributed by atoms with Crippen molar-refractivity contribution in [3.05, 3.63) is 48.6 Å². The van der Waals surface area contributed by atoms with Crippen LogP contribution in [-0.4, -0.2) is 81.2 Å². The lowest BCUT2D eigenvalue weighted by Crippen LogP contribution is -2.38. The maximum atomic E-state index is 6.83. The standard InChI is InChI=1S/C120H238N4/c1-13-17-21-25-29-30-31-32-40-47-54-61-71-79-91-103-115(121)104-92-80-78-90-102-114-120(112-100-88-76-66-59-52-45-37-33-35-41-48-55-62-72-84-96-108-116(122(7)8)105-93-81-68-26-22-18-14-2,113-101-89-77-67-60-53-46-38-34-36-42-49-56-63-73-85-97-109-117(123(9)10)106-94-82-69-27-23-19-15-3)119(5,6)111-99-87-75-65-58-51-44-39-43-50-57-64-74-86-98-110-118(124(11)12)107-95-83-70-28-24-20-16-4/h30-31,41,48,57,63-64,73,115-118H,13-29,32-40,42-47,49-56,58-62,65-72,74-114,121H2,1-12H3. The van der Waals surface area contributed by atoms with Gasteiger partial charge in [0.25, 0.3) is 0 Å². The zero-order chi connectivity index (χ0) is 90.2. The average Bonchev–Trinajstić information content (AvgIpc) is 0.791. The molecule has 124 heavy (non-hydrogen) atoms. The van der Waals surface area contributed by atoms with Gasteiger partial charge in [-0.05, 0) is 233 Å². The van der Waals surface area contributed by atoms with E-state index in [2.05, 4.69) is 147 Å². The summed E-state index contributed by atoms with van der Waals surface area (Å²) in [7, 11) is 13.9. The molecule has 0 radical (unpaired) electrons. The molecule has 0 aromatic rings. The van der Waals surface area contributed by atoms with E-state index in [-0.39, 0.29) is 0 Å². The van der Waals surface area contributed by atoms with Crippen molar-refractivity contribution >= 4 is 0 Å². The van der Waals surface area contributed by atoms with Gasteiger partial charge >= 0.3 is 0 Å². The molecule has 0 rings (SSSR count). The first-order chi connectivity index (χ1) is 60.8. The summed E-state index contributed by atoms with van der Waals surface area (Å²) >= 11 is 0. The zero-order valence-corrected chi connectivity index (χ0v) is 88.3. The SMILES string of the molecule is CCCCCCC=CCCCCCCCCCC(N)CCCCCCCC(CCCCCCCCCCCC=CCCCCCCC(CCCCCCCCC)N(C)C)(CCCCCCCCCCCCCCC=CCCCC(CCCCCCCCC)N(C)C)C(C)(C)CCCCCCCCCCCC=CCCCCC(CCCCCCCCC)N(C)C. The van der Waals surface area contributed by atoms with Crippen molar-refractivity contribution < 1.29 is 0 Å². The number of nitrogens with two attached hydrogens (primary N) is 1. The number of rotatable bonds is 106. The molecule has 5 atom stereocenters. The van der Waals surface area contributed by atoms with Gasteiger partial charge in [-0.3, -0.25) is 0 Å². The molecule has 0 aliphatic heterocycles. The Bertz CT molecular complexity index is 2120. The highest BCUT2D eigenvalue weighted by molar-refractivity contribution is 4.94. The van der Waals surface area contributed by atoms with E-state index in [0.717, 1.165) is 18.1 Å². The minimum Gasteiger partial charge on any atom is -0.328 e. The lowest BCUT2D eigenvalue weighted by molar-refractivity contribution is 0.0179. The highest BCUT2D eigenvalue weighted by atomic mass is 15.1. The molecule has 2 N–H and O–H groups in total. The van der Waals surface area contributed by atoms with Gasteiger partial charge in [0.2, 0.25) is 0 Å².